The second kappa shape index (κ2) is 9.65. The number of anilines is 2. The van der Waals surface area contributed by atoms with Crippen LogP contribution in [-0.4, -0.2) is 42.1 Å². The van der Waals surface area contributed by atoms with Gasteiger partial charge in [-0.2, -0.15) is 0 Å². The Morgan fingerprint density at radius 3 is 2.48 bits per heavy atom. The number of benzene rings is 2. The van der Waals surface area contributed by atoms with Gasteiger partial charge in [-0.15, -0.1) is 5.06 Å². The fourth-order valence-electron chi connectivity index (χ4n) is 3.16. The number of nitrogens with one attached hydrogen (secondary N) is 1. The first-order chi connectivity index (χ1) is 14.6. The number of carbonyl (C=O) groups excluding carboxylic acids is 1. The molecule has 0 radical (unpaired) electrons. The number of hydrogen-bond acceptors (Lipinski definition) is 7. The SMILES string of the molecule is CC(C)(C)C(=O)ON1CCN(c2ccc([N+](=O)[O-])c(NCc3cccc(Br)c3)c2)CC1. The van der Waals surface area contributed by atoms with E-state index in [0.29, 0.717) is 38.4 Å². The van der Waals surface area contributed by atoms with Gasteiger partial charge in [0, 0.05) is 35.9 Å². The number of hydrogen-bond donors (Lipinski definition) is 1. The Bertz CT molecular complexity index is 953. The molecule has 3 rings (SSSR count). The summed E-state index contributed by atoms with van der Waals surface area (Å²) in [6, 6.07) is 12.9. The number of nitro benzene ring substituents is 1. The number of hydroxylamine groups is 2. The first-order valence-corrected chi connectivity index (χ1v) is 10.9. The molecule has 8 nitrogen and oxygen atoms in total. The van der Waals surface area contributed by atoms with Crippen LogP contribution in [0.15, 0.2) is 46.9 Å². The van der Waals surface area contributed by atoms with Gasteiger partial charge in [-0.25, -0.2) is 4.79 Å². The van der Waals surface area contributed by atoms with Crippen LogP contribution in [0.25, 0.3) is 0 Å². The van der Waals surface area contributed by atoms with Gasteiger partial charge in [-0.3, -0.25) is 10.1 Å². The quantitative estimate of drug-likeness (QED) is 0.467. The number of carbonyl (C=O) groups is 1. The number of nitro groups is 1. The normalized spacial score (nSPS) is 14.9. The lowest BCUT2D eigenvalue weighted by atomic mass is 9.98. The minimum Gasteiger partial charge on any atom is -0.375 e. The predicted molar refractivity (Wildman–Crippen MR) is 124 cm³/mol. The van der Waals surface area contributed by atoms with E-state index in [4.69, 9.17) is 4.84 Å². The Hall–Kier alpha value is -2.65. The third kappa shape index (κ3) is 6.18. The summed E-state index contributed by atoms with van der Waals surface area (Å²) < 4.78 is 0.958. The Kier molecular flexibility index (Phi) is 7.17. The Morgan fingerprint density at radius 1 is 1.16 bits per heavy atom. The highest BCUT2D eigenvalue weighted by Crippen LogP contribution is 2.31. The maximum Gasteiger partial charge on any atom is 0.330 e. The van der Waals surface area contributed by atoms with Crippen molar-refractivity contribution in [2.24, 2.45) is 5.41 Å². The summed E-state index contributed by atoms with van der Waals surface area (Å²) in [4.78, 5) is 30.8. The van der Waals surface area contributed by atoms with E-state index in [1.54, 1.807) is 11.1 Å². The third-order valence-corrected chi connectivity index (χ3v) is 5.47. The fourth-order valence-corrected chi connectivity index (χ4v) is 3.60. The highest BCUT2D eigenvalue weighted by Gasteiger charge is 2.28. The van der Waals surface area contributed by atoms with E-state index in [1.807, 2.05) is 51.1 Å². The van der Waals surface area contributed by atoms with Crippen LogP contribution in [0.5, 0.6) is 0 Å². The molecule has 1 heterocycles. The summed E-state index contributed by atoms with van der Waals surface area (Å²) in [6.07, 6.45) is 0. The van der Waals surface area contributed by atoms with E-state index in [1.165, 1.54) is 6.07 Å². The van der Waals surface area contributed by atoms with Crippen LogP contribution in [0.4, 0.5) is 17.1 Å². The van der Waals surface area contributed by atoms with Gasteiger partial charge in [0.2, 0.25) is 0 Å². The van der Waals surface area contributed by atoms with Gasteiger partial charge >= 0.3 is 5.97 Å². The molecule has 0 spiro atoms. The van der Waals surface area contributed by atoms with Crippen molar-refractivity contribution >= 4 is 39.0 Å². The van der Waals surface area contributed by atoms with Gasteiger partial charge in [0.1, 0.15) is 5.69 Å². The molecule has 31 heavy (non-hydrogen) atoms. The first-order valence-electron chi connectivity index (χ1n) is 10.1. The van der Waals surface area contributed by atoms with E-state index in [0.717, 1.165) is 15.7 Å². The Labute approximate surface area is 190 Å². The molecule has 1 fully saturated rings. The summed E-state index contributed by atoms with van der Waals surface area (Å²) >= 11 is 3.44. The second-order valence-electron chi connectivity index (χ2n) is 8.49. The molecule has 1 N–H and O–H groups in total. The third-order valence-electron chi connectivity index (χ3n) is 4.98. The zero-order valence-corrected chi connectivity index (χ0v) is 19.5. The number of nitrogens with zero attached hydrogens (tertiary/aromatic N) is 3. The summed E-state index contributed by atoms with van der Waals surface area (Å²) in [5.41, 5.74) is 1.87. The molecular weight excluding hydrogens is 464 g/mol. The molecule has 0 atom stereocenters. The molecular formula is C22H27BrN4O4. The van der Waals surface area contributed by atoms with E-state index < -0.39 is 5.41 Å². The van der Waals surface area contributed by atoms with Crippen molar-refractivity contribution in [3.8, 4) is 0 Å². The zero-order chi connectivity index (χ0) is 22.6. The lowest BCUT2D eigenvalue weighted by molar-refractivity contribution is -0.384. The van der Waals surface area contributed by atoms with Crippen molar-refractivity contribution in [3.63, 3.8) is 0 Å². The number of halogens is 1. The standard InChI is InChI=1S/C22H27BrN4O4/c1-22(2,3)21(28)31-26-11-9-25(10-12-26)18-7-8-20(27(29)30)19(14-18)24-15-16-5-4-6-17(23)13-16/h4-8,13-14,24H,9-12,15H2,1-3H3. The van der Waals surface area contributed by atoms with Gasteiger partial charge in [0.05, 0.1) is 23.4 Å². The summed E-state index contributed by atoms with van der Waals surface area (Å²) in [5, 5.41) is 16.4. The molecule has 2 aromatic rings. The molecule has 166 valence electrons. The minimum absolute atomic E-state index is 0.0384. The maximum absolute atomic E-state index is 12.1. The molecule has 0 saturated carbocycles. The fraction of sp³-hybridized carbons (Fsp3) is 0.409. The first kappa shape index (κ1) is 23.0. The average Bonchev–Trinajstić information content (AvgIpc) is 2.72. The molecule has 0 unspecified atom stereocenters. The topological polar surface area (TPSA) is 88.0 Å². The van der Waals surface area contributed by atoms with Crippen molar-refractivity contribution in [3.05, 3.63) is 62.6 Å². The van der Waals surface area contributed by atoms with Crippen LogP contribution in [0, 0.1) is 15.5 Å². The summed E-state index contributed by atoms with van der Waals surface area (Å²) in [6.45, 7) is 8.39. The molecule has 2 aromatic carbocycles. The van der Waals surface area contributed by atoms with Crippen LogP contribution in [0.3, 0.4) is 0 Å². The number of piperazine rings is 1. The lowest BCUT2D eigenvalue weighted by Gasteiger charge is -2.35. The monoisotopic (exact) mass is 490 g/mol. The Balaban J connectivity index is 1.67. The smallest absolute Gasteiger partial charge is 0.330 e. The molecule has 0 bridgehead atoms. The van der Waals surface area contributed by atoms with E-state index >= 15 is 0 Å². The van der Waals surface area contributed by atoms with Crippen molar-refractivity contribution in [2.45, 2.75) is 27.3 Å². The molecule has 0 aliphatic carbocycles. The van der Waals surface area contributed by atoms with Crippen molar-refractivity contribution in [1.29, 1.82) is 0 Å². The average molecular weight is 491 g/mol. The highest BCUT2D eigenvalue weighted by atomic mass is 79.9. The van der Waals surface area contributed by atoms with Gasteiger partial charge in [-0.1, -0.05) is 28.1 Å². The summed E-state index contributed by atoms with van der Waals surface area (Å²) in [5.74, 6) is -0.254. The van der Waals surface area contributed by atoms with E-state index in [9.17, 15) is 14.9 Å². The van der Waals surface area contributed by atoms with Crippen molar-refractivity contribution in [2.75, 3.05) is 36.4 Å². The molecule has 0 aromatic heterocycles. The highest BCUT2D eigenvalue weighted by molar-refractivity contribution is 9.10. The molecule has 1 aliphatic rings. The second-order valence-corrected chi connectivity index (χ2v) is 9.40. The van der Waals surface area contributed by atoms with Crippen LogP contribution in [0.2, 0.25) is 0 Å². The van der Waals surface area contributed by atoms with Crippen LogP contribution in [0.1, 0.15) is 26.3 Å². The van der Waals surface area contributed by atoms with E-state index in [-0.39, 0.29) is 16.6 Å². The largest absolute Gasteiger partial charge is 0.375 e. The van der Waals surface area contributed by atoms with Gasteiger partial charge in [0.15, 0.2) is 0 Å². The van der Waals surface area contributed by atoms with Crippen molar-refractivity contribution < 1.29 is 14.6 Å². The van der Waals surface area contributed by atoms with Crippen LogP contribution in [-0.2, 0) is 16.2 Å². The summed E-state index contributed by atoms with van der Waals surface area (Å²) in [7, 11) is 0. The lowest BCUT2D eigenvalue weighted by Crippen LogP contribution is -2.48. The maximum atomic E-state index is 12.1. The predicted octanol–water partition coefficient (Wildman–Crippen LogP) is 4.60. The van der Waals surface area contributed by atoms with Gasteiger partial charge in [-0.05, 0) is 50.6 Å². The molecule has 9 heteroatoms. The zero-order valence-electron chi connectivity index (χ0n) is 17.9. The minimum atomic E-state index is -0.551. The van der Waals surface area contributed by atoms with Crippen LogP contribution < -0.4 is 10.2 Å². The Morgan fingerprint density at radius 2 is 1.87 bits per heavy atom. The van der Waals surface area contributed by atoms with E-state index in [2.05, 4.69) is 26.1 Å². The molecule has 1 aliphatic heterocycles. The molecule has 1 saturated heterocycles. The van der Waals surface area contributed by atoms with Gasteiger partial charge in [0.25, 0.3) is 5.69 Å². The van der Waals surface area contributed by atoms with Crippen LogP contribution >= 0.6 is 15.9 Å². The van der Waals surface area contributed by atoms with Gasteiger partial charge < -0.3 is 15.1 Å². The number of rotatable bonds is 6. The van der Waals surface area contributed by atoms with Crippen molar-refractivity contribution in [1.82, 2.24) is 5.06 Å². The molecule has 0 amide bonds.